The van der Waals surface area contributed by atoms with Crippen molar-refractivity contribution in [3.05, 3.63) is 29.6 Å². The highest BCUT2D eigenvalue weighted by Gasteiger charge is 2.37. The second-order valence-electron chi connectivity index (χ2n) is 5.88. The number of pyridine rings is 1. The number of nitrogens with zero attached hydrogens (tertiary/aromatic N) is 2. The van der Waals surface area contributed by atoms with Gasteiger partial charge in [0.05, 0.1) is 5.92 Å². The van der Waals surface area contributed by atoms with E-state index in [-0.39, 0.29) is 11.8 Å². The van der Waals surface area contributed by atoms with E-state index in [1.807, 2.05) is 13.0 Å². The molecule has 5 nitrogen and oxygen atoms in total. The number of carboxylic acids is 1. The first-order chi connectivity index (χ1) is 9.56. The molecular formula is C15H18N2O3. The van der Waals surface area contributed by atoms with Gasteiger partial charge in [0, 0.05) is 36.5 Å². The number of amides is 1. The molecule has 1 N–H and O–H groups in total. The first kappa shape index (κ1) is 13.1. The Hall–Kier alpha value is -1.91. The fourth-order valence-electron chi connectivity index (χ4n) is 2.82. The summed E-state index contributed by atoms with van der Waals surface area (Å²) in [4.78, 5) is 29.5. The lowest BCUT2D eigenvalue weighted by atomic mass is 9.99. The van der Waals surface area contributed by atoms with Crippen LogP contribution in [0.3, 0.4) is 0 Å². The van der Waals surface area contributed by atoms with Crippen LogP contribution >= 0.6 is 0 Å². The van der Waals surface area contributed by atoms with E-state index >= 15 is 0 Å². The second kappa shape index (κ2) is 4.89. The molecule has 1 aromatic rings. The van der Waals surface area contributed by atoms with Crippen LogP contribution in [0.5, 0.6) is 0 Å². The molecule has 2 aliphatic rings. The minimum absolute atomic E-state index is 0.00110. The molecule has 20 heavy (non-hydrogen) atoms. The molecule has 1 amide bonds. The zero-order valence-electron chi connectivity index (χ0n) is 11.5. The first-order valence-electron chi connectivity index (χ1n) is 7.04. The Labute approximate surface area is 117 Å². The Kier molecular flexibility index (Phi) is 3.20. The van der Waals surface area contributed by atoms with Crippen molar-refractivity contribution >= 4 is 11.9 Å². The summed E-state index contributed by atoms with van der Waals surface area (Å²) < 4.78 is 0. The van der Waals surface area contributed by atoms with Gasteiger partial charge in [0.15, 0.2) is 0 Å². The lowest BCUT2D eigenvalue weighted by molar-refractivity contribution is -0.142. The predicted molar refractivity (Wildman–Crippen MR) is 72.4 cm³/mol. The van der Waals surface area contributed by atoms with Gasteiger partial charge in [-0.3, -0.25) is 14.6 Å². The van der Waals surface area contributed by atoms with E-state index in [2.05, 4.69) is 4.98 Å². The average Bonchev–Trinajstić information content (AvgIpc) is 3.21. The lowest BCUT2D eigenvalue weighted by Crippen LogP contribution is -2.30. The molecule has 3 rings (SSSR count). The van der Waals surface area contributed by atoms with Crippen molar-refractivity contribution in [2.24, 2.45) is 11.8 Å². The van der Waals surface area contributed by atoms with E-state index in [4.69, 9.17) is 5.11 Å². The van der Waals surface area contributed by atoms with Gasteiger partial charge in [0.2, 0.25) is 0 Å². The van der Waals surface area contributed by atoms with E-state index in [9.17, 15) is 9.59 Å². The summed E-state index contributed by atoms with van der Waals surface area (Å²) >= 11 is 0. The highest BCUT2D eigenvalue weighted by Crippen LogP contribution is 2.39. The van der Waals surface area contributed by atoms with Crippen molar-refractivity contribution in [1.29, 1.82) is 0 Å². The monoisotopic (exact) mass is 274 g/mol. The molecule has 2 atom stereocenters. The highest BCUT2D eigenvalue weighted by atomic mass is 16.4. The topological polar surface area (TPSA) is 70.5 Å². The molecule has 1 aromatic heterocycles. The third-order valence-electron chi connectivity index (χ3n) is 4.24. The van der Waals surface area contributed by atoms with Gasteiger partial charge in [-0.1, -0.05) is 6.92 Å². The molecule has 1 aliphatic heterocycles. The molecule has 106 valence electrons. The molecule has 5 heteroatoms. The number of aromatic nitrogens is 1. The van der Waals surface area contributed by atoms with E-state index in [1.54, 1.807) is 17.2 Å². The molecule has 0 aromatic carbocycles. The Morgan fingerprint density at radius 3 is 2.70 bits per heavy atom. The van der Waals surface area contributed by atoms with E-state index < -0.39 is 11.9 Å². The van der Waals surface area contributed by atoms with Crippen molar-refractivity contribution < 1.29 is 14.7 Å². The Balaban J connectivity index is 1.76. The third kappa shape index (κ3) is 2.40. The normalized spacial score (nSPS) is 25.8. The number of hydrogen-bond acceptors (Lipinski definition) is 3. The maximum Gasteiger partial charge on any atom is 0.308 e. The van der Waals surface area contributed by atoms with Crippen molar-refractivity contribution in [1.82, 2.24) is 9.88 Å². The van der Waals surface area contributed by atoms with Gasteiger partial charge < -0.3 is 10.0 Å². The summed E-state index contributed by atoms with van der Waals surface area (Å²) in [6.45, 7) is 2.70. The number of carboxylic acid groups (broad SMARTS) is 1. The van der Waals surface area contributed by atoms with Crippen molar-refractivity contribution in [2.75, 3.05) is 13.1 Å². The van der Waals surface area contributed by atoms with Gasteiger partial charge in [0.1, 0.15) is 0 Å². The summed E-state index contributed by atoms with van der Waals surface area (Å²) in [5.74, 6) is -0.844. The molecule has 1 saturated heterocycles. The minimum Gasteiger partial charge on any atom is -0.481 e. The number of carbonyl (C=O) groups is 2. The molecule has 0 radical (unpaired) electrons. The summed E-state index contributed by atoms with van der Waals surface area (Å²) in [7, 11) is 0. The van der Waals surface area contributed by atoms with E-state index in [0.29, 0.717) is 24.6 Å². The standard InChI is InChI=1S/C15H18N2O3/c1-9-7-17(8-12(9)15(19)20)14(18)11-4-5-16-13(6-11)10-2-3-10/h4-6,9-10,12H,2-3,7-8H2,1H3,(H,19,20)/t9-,12-/m1/s1. The molecular weight excluding hydrogens is 256 g/mol. The zero-order valence-corrected chi connectivity index (χ0v) is 11.5. The highest BCUT2D eigenvalue weighted by molar-refractivity contribution is 5.95. The number of hydrogen-bond donors (Lipinski definition) is 1. The van der Waals surface area contributed by atoms with Gasteiger partial charge in [-0.05, 0) is 30.9 Å². The van der Waals surface area contributed by atoms with Gasteiger partial charge in [0.25, 0.3) is 5.91 Å². The summed E-state index contributed by atoms with van der Waals surface area (Å²) in [6.07, 6.45) is 3.97. The minimum atomic E-state index is -0.818. The molecule has 0 bridgehead atoms. The summed E-state index contributed by atoms with van der Waals surface area (Å²) in [5.41, 5.74) is 1.61. The van der Waals surface area contributed by atoms with Crippen LogP contribution in [-0.2, 0) is 4.79 Å². The van der Waals surface area contributed by atoms with Gasteiger partial charge in [-0.25, -0.2) is 0 Å². The molecule has 2 fully saturated rings. The SMILES string of the molecule is C[C@@H]1CN(C(=O)c2ccnc(C3CC3)c2)C[C@H]1C(=O)O. The van der Waals surface area contributed by atoms with Crippen LogP contribution in [0.15, 0.2) is 18.3 Å². The van der Waals surface area contributed by atoms with Crippen LogP contribution in [-0.4, -0.2) is 40.0 Å². The Bertz CT molecular complexity index is 554. The zero-order chi connectivity index (χ0) is 14.3. The Morgan fingerprint density at radius 1 is 1.35 bits per heavy atom. The quantitative estimate of drug-likeness (QED) is 0.911. The summed E-state index contributed by atoms with van der Waals surface area (Å²) in [6, 6.07) is 3.58. The lowest BCUT2D eigenvalue weighted by Gasteiger charge is -2.16. The van der Waals surface area contributed by atoms with Crippen LogP contribution in [0.4, 0.5) is 0 Å². The van der Waals surface area contributed by atoms with E-state index in [1.165, 1.54) is 0 Å². The van der Waals surface area contributed by atoms with Crippen LogP contribution in [0, 0.1) is 11.8 Å². The molecule has 2 heterocycles. The Morgan fingerprint density at radius 2 is 2.10 bits per heavy atom. The van der Waals surface area contributed by atoms with Crippen LogP contribution < -0.4 is 0 Å². The van der Waals surface area contributed by atoms with Crippen LogP contribution in [0.25, 0.3) is 0 Å². The van der Waals surface area contributed by atoms with Crippen LogP contribution in [0.1, 0.15) is 41.7 Å². The van der Waals surface area contributed by atoms with Crippen molar-refractivity contribution in [3.63, 3.8) is 0 Å². The van der Waals surface area contributed by atoms with Gasteiger partial charge in [-0.15, -0.1) is 0 Å². The number of aliphatic carboxylic acids is 1. The molecule has 1 saturated carbocycles. The third-order valence-corrected chi connectivity index (χ3v) is 4.24. The number of likely N-dealkylation sites (tertiary alicyclic amines) is 1. The largest absolute Gasteiger partial charge is 0.481 e. The van der Waals surface area contributed by atoms with Crippen molar-refractivity contribution in [2.45, 2.75) is 25.7 Å². The van der Waals surface area contributed by atoms with Gasteiger partial charge >= 0.3 is 5.97 Å². The predicted octanol–water partition coefficient (Wildman–Crippen LogP) is 1.75. The maximum absolute atomic E-state index is 12.5. The van der Waals surface area contributed by atoms with Crippen molar-refractivity contribution in [3.8, 4) is 0 Å². The number of carbonyl (C=O) groups excluding carboxylic acids is 1. The van der Waals surface area contributed by atoms with Crippen LogP contribution in [0.2, 0.25) is 0 Å². The van der Waals surface area contributed by atoms with E-state index in [0.717, 1.165) is 18.5 Å². The second-order valence-corrected chi connectivity index (χ2v) is 5.88. The molecule has 0 unspecified atom stereocenters. The van der Waals surface area contributed by atoms with Gasteiger partial charge in [-0.2, -0.15) is 0 Å². The molecule has 0 spiro atoms. The number of rotatable bonds is 3. The first-order valence-corrected chi connectivity index (χ1v) is 7.04. The average molecular weight is 274 g/mol. The summed E-state index contributed by atoms with van der Waals surface area (Å²) in [5, 5.41) is 9.13. The molecule has 1 aliphatic carbocycles. The fraction of sp³-hybridized carbons (Fsp3) is 0.533. The fourth-order valence-corrected chi connectivity index (χ4v) is 2.82. The maximum atomic E-state index is 12.5. The smallest absolute Gasteiger partial charge is 0.308 e.